The van der Waals surface area contributed by atoms with E-state index in [4.69, 9.17) is 9.15 Å². The van der Waals surface area contributed by atoms with Crippen molar-refractivity contribution >= 4 is 22.5 Å². The quantitative estimate of drug-likeness (QED) is 0.319. The van der Waals surface area contributed by atoms with E-state index in [0.29, 0.717) is 22.3 Å². The van der Waals surface area contributed by atoms with Gasteiger partial charge in [0.15, 0.2) is 6.61 Å². The number of aromatic hydroxyl groups is 2. The molecule has 7 nitrogen and oxygen atoms in total. The van der Waals surface area contributed by atoms with Crippen LogP contribution in [0.2, 0.25) is 0 Å². The number of carbonyl (C=O) groups excluding carboxylic acids is 1. The van der Waals surface area contributed by atoms with Gasteiger partial charge in [0.05, 0.1) is 28.0 Å². The van der Waals surface area contributed by atoms with Gasteiger partial charge < -0.3 is 24.5 Å². The molecule has 1 aliphatic rings. The van der Waals surface area contributed by atoms with Crippen LogP contribution in [0.5, 0.6) is 17.2 Å². The Morgan fingerprint density at radius 3 is 2.24 bits per heavy atom. The topological polar surface area (TPSA) is 117 Å². The van der Waals surface area contributed by atoms with Crippen LogP contribution in [0.4, 0.5) is 0 Å². The highest BCUT2D eigenvalue weighted by Gasteiger charge is 2.36. The average Bonchev–Trinajstić information content (AvgIpc) is 2.95. The number of aryl methyl sites for hydroxylation is 4. The molecule has 1 aliphatic heterocycles. The third kappa shape index (κ3) is 4.02. The van der Waals surface area contributed by atoms with Crippen molar-refractivity contribution in [1.82, 2.24) is 0 Å². The van der Waals surface area contributed by atoms with Gasteiger partial charge in [0.1, 0.15) is 28.6 Å². The second-order valence-corrected chi connectivity index (χ2v) is 9.52. The smallest absolute Gasteiger partial charge is 0.344 e. The molecule has 0 bridgehead atoms. The number of aliphatic hydroxyl groups excluding tert-OH is 1. The largest absolute Gasteiger partial charge is 0.508 e. The lowest BCUT2D eigenvalue weighted by atomic mass is 9.81. The predicted molar refractivity (Wildman–Crippen MR) is 140 cm³/mol. The van der Waals surface area contributed by atoms with Crippen molar-refractivity contribution in [3.8, 4) is 17.2 Å². The number of rotatable bonds is 3. The van der Waals surface area contributed by atoms with Crippen molar-refractivity contribution in [1.29, 1.82) is 0 Å². The molecule has 0 fully saturated rings. The molecule has 0 saturated heterocycles. The number of hydrogen-bond acceptors (Lipinski definition) is 7. The molecule has 2 heterocycles. The molecule has 0 radical (unpaired) electrons. The molecular weight excluding hydrogens is 472 g/mol. The molecule has 4 aromatic rings. The summed E-state index contributed by atoms with van der Waals surface area (Å²) in [5.41, 5.74) is 3.14. The summed E-state index contributed by atoms with van der Waals surface area (Å²) in [5, 5.41) is 33.5. The zero-order valence-corrected chi connectivity index (χ0v) is 20.9. The summed E-state index contributed by atoms with van der Waals surface area (Å²) in [6.07, 6.45) is 0. The molecule has 1 atom stereocenters. The van der Waals surface area contributed by atoms with Gasteiger partial charge in [-0.2, -0.15) is 0 Å². The molecule has 5 rings (SSSR count). The number of phenols is 1. The molecule has 0 aliphatic carbocycles. The van der Waals surface area contributed by atoms with E-state index in [1.165, 1.54) is 12.1 Å². The Balaban J connectivity index is 1.88. The zero-order valence-electron chi connectivity index (χ0n) is 20.9. The first-order chi connectivity index (χ1) is 17.6. The molecule has 3 N–H and O–H groups in total. The minimum atomic E-state index is -1.25. The van der Waals surface area contributed by atoms with Crippen molar-refractivity contribution in [2.45, 2.75) is 33.6 Å². The third-order valence-corrected chi connectivity index (χ3v) is 7.07. The summed E-state index contributed by atoms with van der Waals surface area (Å²) in [6.45, 7) is 7.11. The average molecular weight is 499 g/mol. The van der Waals surface area contributed by atoms with Gasteiger partial charge in [-0.25, -0.2) is 4.79 Å². The minimum Gasteiger partial charge on any atom is -0.508 e. The maximum atomic E-state index is 13.5. The number of hydrogen-bond donors (Lipinski definition) is 3. The number of Topliss-reactive ketones (excluding diaryl/α,β-unsaturated/α-hetero) is 1. The Kier molecular flexibility index (Phi) is 5.79. The number of fused-ring (bicyclic) bond motifs is 2. The van der Waals surface area contributed by atoms with Gasteiger partial charge in [-0.15, -0.1) is 0 Å². The van der Waals surface area contributed by atoms with Crippen LogP contribution < -0.4 is 10.4 Å². The van der Waals surface area contributed by atoms with Crippen LogP contribution in [0.25, 0.3) is 16.7 Å². The Morgan fingerprint density at radius 1 is 0.838 bits per heavy atom. The number of benzene rings is 3. The molecule has 0 saturated carbocycles. The van der Waals surface area contributed by atoms with E-state index in [0.717, 1.165) is 22.3 Å². The van der Waals surface area contributed by atoms with Crippen molar-refractivity contribution < 1.29 is 29.3 Å². The first-order valence-electron chi connectivity index (χ1n) is 11.8. The summed E-state index contributed by atoms with van der Waals surface area (Å²) < 4.78 is 11.4. The number of phenolic OH excluding ortho intramolecular Hbond substituents is 1. The van der Waals surface area contributed by atoms with Crippen LogP contribution in [0.3, 0.4) is 0 Å². The number of ether oxygens (including phenoxy) is 1. The summed E-state index contributed by atoms with van der Waals surface area (Å²) in [6, 6.07) is 12.8. The van der Waals surface area contributed by atoms with Crippen molar-refractivity contribution in [2.75, 3.05) is 6.61 Å². The highest BCUT2D eigenvalue weighted by Crippen LogP contribution is 2.44. The molecule has 1 aromatic heterocycles. The standard InChI is InChI=1S/C30H26O7/c1-14-8-20-23(10-16(14)3)36-13-22(32)26(28(20)33)25(18-6-5-7-19(31)12-18)27-29(34)21-9-15(2)17(4)11-24(21)37-30(27)35/h5-12,25,31,33-34H,13H2,1-4H3. The van der Waals surface area contributed by atoms with Gasteiger partial charge in [-0.1, -0.05) is 12.1 Å². The first kappa shape index (κ1) is 24.2. The lowest BCUT2D eigenvalue weighted by Gasteiger charge is -2.22. The Morgan fingerprint density at radius 2 is 1.51 bits per heavy atom. The van der Waals surface area contributed by atoms with E-state index < -0.39 is 17.3 Å². The number of carbonyl (C=O) groups is 1. The summed E-state index contributed by atoms with van der Waals surface area (Å²) in [7, 11) is 0. The van der Waals surface area contributed by atoms with E-state index in [9.17, 15) is 24.9 Å². The highest BCUT2D eigenvalue weighted by atomic mass is 16.5. The molecular formula is C30H26O7. The molecule has 0 spiro atoms. The van der Waals surface area contributed by atoms with Crippen LogP contribution in [-0.2, 0) is 4.79 Å². The minimum absolute atomic E-state index is 0.108. The number of ketones is 1. The van der Waals surface area contributed by atoms with Crippen molar-refractivity contribution in [3.05, 3.63) is 103 Å². The lowest BCUT2D eigenvalue weighted by Crippen LogP contribution is -2.23. The van der Waals surface area contributed by atoms with E-state index in [1.54, 1.807) is 36.4 Å². The maximum absolute atomic E-state index is 13.5. The van der Waals surface area contributed by atoms with Crippen LogP contribution in [0.1, 0.15) is 44.9 Å². The fraction of sp³-hybridized carbons (Fsp3) is 0.200. The molecule has 1 unspecified atom stereocenters. The second kappa shape index (κ2) is 8.85. The summed E-state index contributed by atoms with van der Waals surface area (Å²) >= 11 is 0. The van der Waals surface area contributed by atoms with E-state index >= 15 is 0 Å². The highest BCUT2D eigenvalue weighted by molar-refractivity contribution is 6.06. The van der Waals surface area contributed by atoms with Crippen LogP contribution >= 0.6 is 0 Å². The Hall–Kier alpha value is -4.52. The predicted octanol–water partition coefficient (Wildman–Crippen LogP) is 5.50. The van der Waals surface area contributed by atoms with Crippen LogP contribution in [-0.4, -0.2) is 27.7 Å². The summed E-state index contributed by atoms with van der Waals surface area (Å²) in [5.74, 6) is -2.33. The van der Waals surface area contributed by atoms with Gasteiger partial charge in [0.25, 0.3) is 0 Å². The van der Waals surface area contributed by atoms with Gasteiger partial charge in [-0.05, 0) is 91.9 Å². The van der Waals surface area contributed by atoms with E-state index in [-0.39, 0.29) is 40.6 Å². The van der Waals surface area contributed by atoms with Crippen molar-refractivity contribution in [2.24, 2.45) is 0 Å². The molecule has 188 valence electrons. The lowest BCUT2D eigenvalue weighted by molar-refractivity contribution is -0.117. The van der Waals surface area contributed by atoms with Crippen LogP contribution in [0, 0.1) is 27.7 Å². The fourth-order valence-corrected chi connectivity index (χ4v) is 4.78. The van der Waals surface area contributed by atoms with Crippen molar-refractivity contribution in [3.63, 3.8) is 0 Å². The zero-order chi connectivity index (χ0) is 26.6. The Labute approximate surface area is 212 Å². The summed E-state index contributed by atoms with van der Waals surface area (Å²) in [4.78, 5) is 26.9. The second-order valence-electron chi connectivity index (χ2n) is 9.52. The van der Waals surface area contributed by atoms with Gasteiger partial charge >= 0.3 is 5.63 Å². The Bertz CT molecular complexity index is 1690. The third-order valence-electron chi connectivity index (χ3n) is 7.07. The van der Waals surface area contributed by atoms with E-state index in [2.05, 4.69) is 0 Å². The molecule has 3 aromatic carbocycles. The molecule has 0 amide bonds. The fourth-order valence-electron chi connectivity index (χ4n) is 4.78. The monoisotopic (exact) mass is 498 g/mol. The van der Waals surface area contributed by atoms with Gasteiger partial charge in [0, 0.05) is 0 Å². The van der Waals surface area contributed by atoms with E-state index in [1.807, 2.05) is 27.7 Å². The molecule has 37 heavy (non-hydrogen) atoms. The van der Waals surface area contributed by atoms with Gasteiger partial charge in [0.2, 0.25) is 5.78 Å². The molecule has 7 heteroatoms. The van der Waals surface area contributed by atoms with Crippen LogP contribution in [0.15, 0.2) is 63.3 Å². The maximum Gasteiger partial charge on any atom is 0.344 e. The number of aliphatic hydroxyl groups is 1. The SMILES string of the molecule is Cc1cc2c(cc1C)C(O)=C(C(c1cccc(O)c1)c1c(O)c3cc(C)c(C)cc3oc1=O)C(=O)CO2. The van der Waals surface area contributed by atoms with Gasteiger partial charge in [-0.3, -0.25) is 4.79 Å². The normalized spacial score (nSPS) is 14.3. The first-order valence-corrected chi connectivity index (χ1v) is 11.8.